The lowest BCUT2D eigenvalue weighted by Crippen LogP contribution is -1.91. The van der Waals surface area contributed by atoms with Crippen LogP contribution in [0.5, 0.6) is 0 Å². The quantitative estimate of drug-likeness (QED) is 0.125. The maximum absolute atomic E-state index is 2.38. The predicted octanol–water partition coefficient (Wildman–Crippen LogP) is 16.4. The van der Waals surface area contributed by atoms with Crippen LogP contribution in [-0.4, -0.2) is 0 Å². The number of fused-ring (bicyclic) bond motifs is 11. The fourth-order valence-corrected chi connectivity index (χ4v) is 9.78. The van der Waals surface area contributed by atoms with Crippen molar-refractivity contribution in [3.63, 3.8) is 0 Å². The van der Waals surface area contributed by atoms with E-state index in [1.54, 1.807) is 0 Å². The van der Waals surface area contributed by atoms with E-state index in [1.807, 2.05) is 0 Å². The highest BCUT2D eigenvalue weighted by Gasteiger charge is 2.18. The average Bonchev–Trinajstić information content (AvgIpc) is 3.30. The van der Waals surface area contributed by atoms with Crippen LogP contribution in [-0.2, 0) is 0 Å². The van der Waals surface area contributed by atoms with Gasteiger partial charge in [-0.25, -0.2) is 0 Å². The highest BCUT2D eigenvalue weighted by Crippen LogP contribution is 2.45. The molecule has 12 rings (SSSR count). The molecule has 0 aliphatic heterocycles. The second kappa shape index (κ2) is 13.0. The van der Waals surface area contributed by atoms with Gasteiger partial charge >= 0.3 is 0 Å². The summed E-state index contributed by atoms with van der Waals surface area (Å²) in [6.45, 7) is 0. The normalized spacial score (nSPS) is 11.8. The van der Waals surface area contributed by atoms with Gasteiger partial charge < -0.3 is 0 Å². The lowest BCUT2D eigenvalue weighted by Gasteiger charge is -2.18. The second-order valence-corrected chi connectivity index (χ2v) is 15.5. The summed E-state index contributed by atoms with van der Waals surface area (Å²) in [5.41, 5.74) is 9.92. The molecule has 0 unspecified atom stereocenters. The lowest BCUT2D eigenvalue weighted by molar-refractivity contribution is 1.62. The van der Waals surface area contributed by atoms with E-state index in [9.17, 15) is 0 Å². The first-order chi connectivity index (χ1) is 28.8. The molecule has 12 aromatic carbocycles. The van der Waals surface area contributed by atoms with Gasteiger partial charge in [0.05, 0.1) is 0 Å². The van der Waals surface area contributed by atoms with Crippen LogP contribution >= 0.6 is 0 Å². The van der Waals surface area contributed by atoms with Crippen molar-refractivity contribution >= 4 is 75.4 Å². The average molecular weight is 733 g/mol. The van der Waals surface area contributed by atoms with Gasteiger partial charge in [-0.1, -0.05) is 206 Å². The molecule has 0 saturated heterocycles. The predicted molar refractivity (Wildman–Crippen MR) is 251 cm³/mol. The Hall–Kier alpha value is -7.54. The largest absolute Gasteiger partial charge is 0.0616 e. The van der Waals surface area contributed by atoms with E-state index in [2.05, 4.69) is 218 Å². The first-order valence-electron chi connectivity index (χ1n) is 20.2. The topological polar surface area (TPSA) is 0 Å². The highest BCUT2D eigenvalue weighted by molar-refractivity contribution is 6.26. The molecule has 0 nitrogen and oxygen atoms in total. The van der Waals surface area contributed by atoms with E-state index in [-0.39, 0.29) is 0 Å². The summed E-state index contributed by atoms with van der Waals surface area (Å²) >= 11 is 0. The summed E-state index contributed by atoms with van der Waals surface area (Å²) in [6.07, 6.45) is 0. The zero-order valence-corrected chi connectivity index (χ0v) is 31.8. The number of hydrogen-bond acceptors (Lipinski definition) is 0. The van der Waals surface area contributed by atoms with E-state index in [4.69, 9.17) is 0 Å². The molecule has 0 heteroatoms. The molecule has 58 heavy (non-hydrogen) atoms. The first kappa shape index (κ1) is 32.7. The Balaban J connectivity index is 0.976. The summed E-state index contributed by atoms with van der Waals surface area (Å²) in [7, 11) is 0. The zero-order chi connectivity index (χ0) is 38.2. The first-order valence-corrected chi connectivity index (χ1v) is 20.2. The smallest absolute Gasteiger partial charge is 0.00264 e. The third-order valence-electron chi connectivity index (χ3n) is 12.4. The summed E-state index contributed by atoms with van der Waals surface area (Å²) in [4.78, 5) is 0. The fraction of sp³-hybridized carbons (Fsp3) is 0. The maximum atomic E-state index is 2.38. The minimum absolute atomic E-state index is 1.22. The fourth-order valence-electron chi connectivity index (χ4n) is 9.78. The van der Waals surface area contributed by atoms with Crippen LogP contribution in [0.2, 0.25) is 0 Å². The van der Waals surface area contributed by atoms with E-state index in [1.165, 1.54) is 120 Å². The molecule has 0 saturated carbocycles. The van der Waals surface area contributed by atoms with Crippen molar-refractivity contribution in [2.75, 3.05) is 0 Å². The molecular weight excluding hydrogens is 697 g/mol. The summed E-state index contributed by atoms with van der Waals surface area (Å²) in [5, 5.41) is 18.0. The van der Waals surface area contributed by atoms with Crippen molar-refractivity contribution in [1.82, 2.24) is 0 Å². The Morgan fingerprint density at radius 2 is 0.500 bits per heavy atom. The minimum atomic E-state index is 1.22. The maximum Gasteiger partial charge on any atom is -0.00264 e. The van der Waals surface area contributed by atoms with Crippen LogP contribution in [0.3, 0.4) is 0 Å². The van der Waals surface area contributed by atoms with Crippen molar-refractivity contribution in [2.24, 2.45) is 0 Å². The molecule has 0 heterocycles. The molecule has 0 aliphatic carbocycles. The molecule has 0 radical (unpaired) electrons. The molecule has 268 valence electrons. The third kappa shape index (κ3) is 5.02. The van der Waals surface area contributed by atoms with Gasteiger partial charge in [-0.05, 0) is 132 Å². The molecule has 0 amide bonds. The van der Waals surface area contributed by atoms with Crippen molar-refractivity contribution < 1.29 is 0 Å². The molecule has 0 bridgehead atoms. The van der Waals surface area contributed by atoms with Gasteiger partial charge in [-0.3, -0.25) is 0 Å². The van der Waals surface area contributed by atoms with Gasteiger partial charge in [0.2, 0.25) is 0 Å². The minimum Gasteiger partial charge on any atom is -0.0616 e. The standard InChI is InChI=1S/C58H36/c1-2-14-43-42(13-1)36-55(48-19-7-3-15-44(43)48)38-27-31-40(32-28-38)58-53-23-11-9-21-51(53)57(52-22-10-12-24-54(52)58)39-29-25-37(26-30-39)41-33-34-50-47-18-5-4-16-45(47)46-17-6-8-20-49(46)56(50)35-41/h1-36H. The molecule has 0 N–H and O–H groups in total. The van der Waals surface area contributed by atoms with Gasteiger partial charge in [0.1, 0.15) is 0 Å². The monoisotopic (exact) mass is 732 g/mol. The number of rotatable bonds is 4. The Morgan fingerprint density at radius 1 is 0.172 bits per heavy atom. The number of hydrogen-bond donors (Lipinski definition) is 0. The molecule has 12 aromatic rings. The Bertz CT molecular complexity index is 3500. The van der Waals surface area contributed by atoms with Gasteiger partial charge in [-0.2, -0.15) is 0 Å². The van der Waals surface area contributed by atoms with Crippen molar-refractivity contribution in [1.29, 1.82) is 0 Å². The molecule has 0 aromatic heterocycles. The molecular formula is C58H36. The van der Waals surface area contributed by atoms with Crippen molar-refractivity contribution in [2.45, 2.75) is 0 Å². The van der Waals surface area contributed by atoms with Crippen LogP contribution in [0, 0.1) is 0 Å². The van der Waals surface area contributed by atoms with Crippen LogP contribution < -0.4 is 0 Å². The number of benzene rings is 12. The zero-order valence-electron chi connectivity index (χ0n) is 31.8. The molecule has 0 fully saturated rings. The Labute approximate surface area is 336 Å². The summed E-state index contributed by atoms with van der Waals surface area (Å²) < 4.78 is 0. The van der Waals surface area contributed by atoms with E-state index in [0.29, 0.717) is 0 Å². The Morgan fingerprint density at radius 3 is 1.00 bits per heavy atom. The Kier molecular flexibility index (Phi) is 7.33. The van der Waals surface area contributed by atoms with Crippen LogP contribution in [0.15, 0.2) is 218 Å². The molecule has 0 spiro atoms. The molecule has 0 atom stereocenters. The van der Waals surface area contributed by atoms with Gasteiger partial charge in [0.25, 0.3) is 0 Å². The van der Waals surface area contributed by atoms with Crippen LogP contribution in [0.1, 0.15) is 0 Å². The van der Waals surface area contributed by atoms with E-state index < -0.39 is 0 Å². The SMILES string of the molecule is c1ccc2c(c1)cc(-c1ccc(-c3c4ccccc4c(-c4ccc(-c5ccc6c7ccccc7c7ccccc7c6c5)cc4)c4ccccc34)cc1)c1ccccc12. The van der Waals surface area contributed by atoms with Crippen molar-refractivity contribution in [3.05, 3.63) is 218 Å². The highest BCUT2D eigenvalue weighted by atomic mass is 14.2. The third-order valence-corrected chi connectivity index (χ3v) is 12.4. The van der Waals surface area contributed by atoms with Gasteiger partial charge in [0.15, 0.2) is 0 Å². The lowest BCUT2D eigenvalue weighted by atomic mass is 9.85. The summed E-state index contributed by atoms with van der Waals surface area (Å²) in [6, 6.07) is 80.8. The second-order valence-electron chi connectivity index (χ2n) is 15.5. The van der Waals surface area contributed by atoms with Gasteiger partial charge in [-0.15, -0.1) is 0 Å². The van der Waals surface area contributed by atoms with Gasteiger partial charge in [0, 0.05) is 0 Å². The van der Waals surface area contributed by atoms with E-state index >= 15 is 0 Å². The van der Waals surface area contributed by atoms with Crippen LogP contribution in [0.4, 0.5) is 0 Å². The van der Waals surface area contributed by atoms with Crippen LogP contribution in [0.25, 0.3) is 120 Å². The summed E-state index contributed by atoms with van der Waals surface area (Å²) in [5.74, 6) is 0. The van der Waals surface area contributed by atoms with E-state index in [0.717, 1.165) is 0 Å². The molecule has 0 aliphatic rings. The van der Waals surface area contributed by atoms with Crippen molar-refractivity contribution in [3.8, 4) is 44.5 Å².